The maximum Gasteiger partial charge on any atom is 0.234 e. The summed E-state index contributed by atoms with van der Waals surface area (Å²) in [4.78, 5) is 14.7. The van der Waals surface area contributed by atoms with Gasteiger partial charge in [-0.25, -0.2) is 0 Å². The molecule has 0 amide bonds. The molecule has 1 saturated carbocycles. The van der Waals surface area contributed by atoms with Gasteiger partial charge in [0.2, 0.25) is 17.2 Å². The molecular weight excluding hydrogens is 278 g/mol. The lowest BCUT2D eigenvalue weighted by molar-refractivity contribution is 0.599. The Bertz CT molecular complexity index is 632. The zero-order valence-electron chi connectivity index (χ0n) is 10.8. The van der Waals surface area contributed by atoms with Gasteiger partial charge < -0.3 is 10.2 Å². The highest BCUT2D eigenvalue weighted by Crippen LogP contribution is 2.39. The average Bonchev–Trinajstić information content (AvgIpc) is 3.08. The van der Waals surface area contributed by atoms with Crippen LogP contribution in [0.4, 0.5) is 17.7 Å². The van der Waals surface area contributed by atoms with E-state index in [1.54, 1.807) is 0 Å². The first-order chi connectivity index (χ1) is 9.78. The molecule has 2 aromatic rings. The third-order valence-electron chi connectivity index (χ3n) is 3.59. The van der Waals surface area contributed by atoms with Crippen molar-refractivity contribution in [2.24, 2.45) is 0 Å². The molecule has 3 heterocycles. The highest BCUT2D eigenvalue weighted by Gasteiger charge is 2.25. The fraction of sp³-hybridized carbons (Fsp3) is 0.500. The molecule has 0 atom stereocenters. The predicted octanol–water partition coefficient (Wildman–Crippen LogP) is 2.08. The van der Waals surface area contributed by atoms with Crippen molar-refractivity contribution >= 4 is 29.3 Å². The van der Waals surface area contributed by atoms with Gasteiger partial charge in [-0.05, 0) is 30.9 Å². The van der Waals surface area contributed by atoms with Crippen LogP contribution in [0.25, 0.3) is 0 Å². The second-order valence-corrected chi connectivity index (χ2v) is 5.51. The quantitative estimate of drug-likeness (QED) is 0.897. The van der Waals surface area contributed by atoms with Gasteiger partial charge in [0, 0.05) is 30.8 Å². The normalized spacial score (nSPS) is 17.9. The number of H-pyrrole nitrogens is 1. The van der Waals surface area contributed by atoms with E-state index >= 15 is 0 Å². The number of anilines is 3. The molecule has 0 aromatic carbocycles. The average molecular weight is 292 g/mol. The lowest BCUT2D eigenvalue weighted by atomic mass is 10.2. The molecule has 0 unspecified atom stereocenters. The Labute approximate surface area is 120 Å². The van der Waals surface area contributed by atoms with E-state index < -0.39 is 0 Å². The fourth-order valence-electron chi connectivity index (χ4n) is 2.17. The van der Waals surface area contributed by atoms with Crippen LogP contribution in [0, 0.1) is 0 Å². The summed E-state index contributed by atoms with van der Waals surface area (Å²) in [6.07, 6.45) is 3.63. The minimum atomic E-state index is 0.197. The van der Waals surface area contributed by atoms with Gasteiger partial charge in [0.1, 0.15) is 0 Å². The summed E-state index contributed by atoms with van der Waals surface area (Å²) in [5.41, 5.74) is 1.16. The lowest BCUT2D eigenvalue weighted by Gasteiger charge is -2.30. The van der Waals surface area contributed by atoms with E-state index in [4.69, 9.17) is 11.6 Å². The number of hydrogen-bond donors (Lipinski definition) is 2. The fourth-order valence-corrected chi connectivity index (χ4v) is 2.33. The molecule has 4 rings (SSSR count). The summed E-state index contributed by atoms with van der Waals surface area (Å²) in [5, 5.41) is 10.5. The maximum absolute atomic E-state index is 5.95. The molecule has 0 radical (unpaired) electrons. The first-order valence-electron chi connectivity index (χ1n) is 6.77. The molecule has 2 aromatic heterocycles. The summed E-state index contributed by atoms with van der Waals surface area (Å²) in [6, 6.07) is 2.00. The van der Waals surface area contributed by atoms with Crippen LogP contribution in [0.15, 0.2) is 6.07 Å². The maximum atomic E-state index is 5.95. The highest BCUT2D eigenvalue weighted by molar-refractivity contribution is 6.28. The van der Waals surface area contributed by atoms with E-state index in [0.29, 0.717) is 23.6 Å². The lowest BCUT2D eigenvalue weighted by Crippen LogP contribution is -2.38. The van der Waals surface area contributed by atoms with Gasteiger partial charge in [0.25, 0.3) is 0 Å². The van der Waals surface area contributed by atoms with E-state index in [0.717, 1.165) is 25.2 Å². The van der Waals surface area contributed by atoms with E-state index in [1.807, 2.05) is 6.07 Å². The largest absolute Gasteiger partial charge is 0.341 e. The summed E-state index contributed by atoms with van der Waals surface area (Å²) in [5.74, 6) is 2.40. The summed E-state index contributed by atoms with van der Waals surface area (Å²) in [6.45, 7) is 1.93. The molecule has 8 heteroatoms. The van der Waals surface area contributed by atoms with E-state index in [2.05, 4.69) is 35.4 Å². The minimum Gasteiger partial charge on any atom is -0.341 e. The Hall–Kier alpha value is -1.89. The van der Waals surface area contributed by atoms with Crippen molar-refractivity contribution in [2.45, 2.75) is 25.2 Å². The van der Waals surface area contributed by atoms with Crippen molar-refractivity contribution in [1.29, 1.82) is 0 Å². The molecule has 20 heavy (non-hydrogen) atoms. The zero-order chi connectivity index (χ0) is 13.5. The van der Waals surface area contributed by atoms with Crippen molar-refractivity contribution < 1.29 is 0 Å². The van der Waals surface area contributed by atoms with E-state index in [-0.39, 0.29) is 5.28 Å². The molecule has 1 aliphatic heterocycles. The van der Waals surface area contributed by atoms with Crippen LogP contribution in [-0.2, 0) is 0 Å². The second kappa shape index (κ2) is 4.59. The standard InChI is InChI=1S/C12H14ClN7/c13-10-15-11(17-12(16-10)20-4-1-5-20)14-9-6-8(18-19-9)7-2-3-7/h6-7H,1-5H2,(H2,14,15,16,17,18,19). The van der Waals surface area contributed by atoms with Gasteiger partial charge in [0.15, 0.2) is 5.82 Å². The molecule has 2 N–H and O–H groups in total. The second-order valence-electron chi connectivity index (χ2n) is 5.18. The molecule has 1 aliphatic carbocycles. The molecule has 104 valence electrons. The Morgan fingerprint density at radius 1 is 1.25 bits per heavy atom. The number of hydrogen-bond acceptors (Lipinski definition) is 6. The van der Waals surface area contributed by atoms with Gasteiger partial charge in [-0.2, -0.15) is 20.1 Å². The van der Waals surface area contributed by atoms with Gasteiger partial charge in [0.05, 0.1) is 0 Å². The third-order valence-corrected chi connectivity index (χ3v) is 3.76. The molecule has 1 saturated heterocycles. The Morgan fingerprint density at radius 2 is 2.10 bits per heavy atom. The van der Waals surface area contributed by atoms with Crippen LogP contribution in [0.5, 0.6) is 0 Å². The zero-order valence-corrected chi connectivity index (χ0v) is 11.6. The number of aromatic amines is 1. The summed E-state index contributed by atoms with van der Waals surface area (Å²) < 4.78 is 0. The first-order valence-corrected chi connectivity index (χ1v) is 7.14. The monoisotopic (exact) mass is 291 g/mol. The first kappa shape index (κ1) is 11.9. The Kier molecular flexibility index (Phi) is 2.73. The van der Waals surface area contributed by atoms with Crippen molar-refractivity contribution in [1.82, 2.24) is 25.1 Å². The van der Waals surface area contributed by atoms with Crippen molar-refractivity contribution in [3.05, 3.63) is 17.0 Å². The summed E-state index contributed by atoms with van der Waals surface area (Å²) in [7, 11) is 0. The number of halogens is 1. The molecule has 2 aliphatic rings. The van der Waals surface area contributed by atoms with Gasteiger partial charge in [-0.15, -0.1) is 0 Å². The summed E-state index contributed by atoms with van der Waals surface area (Å²) >= 11 is 5.95. The van der Waals surface area contributed by atoms with Gasteiger partial charge in [-0.1, -0.05) is 0 Å². The van der Waals surface area contributed by atoms with E-state index in [1.165, 1.54) is 12.8 Å². The third kappa shape index (κ3) is 2.29. The number of aromatic nitrogens is 5. The van der Waals surface area contributed by atoms with E-state index in [9.17, 15) is 0 Å². The van der Waals surface area contributed by atoms with Crippen LogP contribution in [0.3, 0.4) is 0 Å². The van der Waals surface area contributed by atoms with Crippen LogP contribution in [0.2, 0.25) is 5.28 Å². The Balaban J connectivity index is 1.55. The molecule has 0 spiro atoms. The van der Waals surface area contributed by atoms with Crippen LogP contribution in [-0.4, -0.2) is 38.2 Å². The molecular formula is C12H14ClN7. The Morgan fingerprint density at radius 3 is 2.80 bits per heavy atom. The number of nitrogens with one attached hydrogen (secondary N) is 2. The van der Waals surface area contributed by atoms with Gasteiger partial charge >= 0.3 is 0 Å². The van der Waals surface area contributed by atoms with Crippen molar-refractivity contribution in [3.8, 4) is 0 Å². The highest BCUT2D eigenvalue weighted by atomic mass is 35.5. The van der Waals surface area contributed by atoms with Crippen LogP contribution in [0.1, 0.15) is 30.9 Å². The van der Waals surface area contributed by atoms with Crippen molar-refractivity contribution in [2.75, 3.05) is 23.3 Å². The topological polar surface area (TPSA) is 82.6 Å². The smallest absolute Gasteiger partial charge is 0.234 e. The SMILES string of the molecule is Clc1nc(Nc2cc(C3CC3)[nH]n2)nc(N2CCC2)n1. The number of nitrogens with zero attached hydrogens (tertiary/aromatic N) is 5. The minimum absolute atomic E-state index is 0.197. The molecule has 2 fully saturated rings. The number of rotatable bonds is 4. The molecule has 0 bridgehead atoms. The molecule has 7 nitrogen and oxygen atoms in total. The predicted molar refractivity (Wildman–Crippen MR) is 75.5 cm³/mol. The van der Waals surface area contributed by atoms with Crippen LogP contribution >= 0.6 is 11.6 Å². The van der Waals surface area contributed by atoms with Gasteiger partial charge in [-0.3, -0.25) is 5.10 Å². The van der Waals surface area contributed by atoms with Crippen LogP contribution < -0.4 is 10.2 Å². The van der Waals surface area contributed by atoms with Crippen molar-refractivity contribution in [3.63, 3.8) is 0 Å².